The number of hydrogen-bond donors (Lipinski definition) is 1. The lowest BCUT2D eigenvalue weighted by Crippen LogP contribution is -2.44. The van der Waals surface area contributed by atoms with E-state index in [0.717, 1.165) is 38.8 Å². The molecular formula is C13H24N2O2. The standard InChI is InChI=1S/C13H24N2O2/c1-2-3-8-17-10-13(16)15-11-4-5-12(15)9-14-7-6-11/h11-12,14H,2-10H2,1H3. The summed E-state index contributed by atoms with van der Waals surface area (Å²) >= 11 is 0. The SMILES string of the molecule is CCCCOCC(=O)N1C2CCNCC1CC2. The van der Waals surface area contributed by atoms with E-state index in [-0.39, 0.29) is 12.5 Å². The summed E-state index contributed by atoms with van der Waals surface area (Å²) in [5.41, 5.74) is 0. The number of rotatable bonds is 5. The maximum Gasteiger partial charge on any atom is 0.249 e. The third-order valence-corrected chi connectivity index (χ3v) is 3.81. The largest absolute Gasteiger partial charge is 0.372 e. The molecule has 0 aromatic carbocycles. The molecule has 2 fully saturated rings. The Kier molecular flexibility index (Phi) is 4.80. The van der Waals surface area contributed by atoms with E-state index in [4.69, 9.17) is 4.74 Å². The third-order valence-electron chi connectivity index (χ3n) is 3.81. The highest BCUT2D eigenvalue weighted by atomic mass is 16.5. The first kappa shape index (κ1) is 12.8. The molecule has 4 nitrogen and oxygen atoms in total. The second-order valence-electron chi connectivity index (χ2n) is 5.08. The van der Waals surface area contributed by atoms with E-state index in [0.29, 0.717) is 18.7 Å². The van der Waals surface area contributed by atoms with Crippen LogP contribution in [0.4, 0.5) is 0 Å². The third kappa shape index (κ3) is 3.19. The number of amides is 1. The first-order valence-corrected chi connectivity index (χ1v) is 6.92. The molecule has 2 saturated heterocycles. The number of nitrogens with zero attached hydrogens (tertiary/aromatic N) is 1. The topological polar surface area (TPSA) is 41.6 Å². The average Bonchev–Trinajstić information content (AvgIpc) is 2.58. The molecule has 2 unspecified atom stereocenters. The number of ether oxygens (including phenoxy) is 1. The van der Waals surface area contributed by atoms with E-state index in [2.05, 4.69) is 17.1 Å². The van der Waals surface area contributed by atoms with Crippen molar-refractivity contribution in [1.29, 1.82) is 0 Å². The minimum Gasteiger partial charge on any atom is -0.372 e. The van der Waals surface area contributed by atoms with Crippen molar-refractivity contribution < 1.29 is 9.53 Å². The molecule has 2 atom stereocenters. The zero-order chi connectivity index (χ0) is 12.1. The number of fused-ring (bicyclic) bond motifs is 2. The van der Waals surface area contributed by atoms with Gasteiger partial charge in [0.15, 0.2) is 0 Å². The zero-order valence-corrected chi connectivity index (χ0v) is 10.8. The summed E-state index contributed by atoms with van der Waals surface area (Å²) in [6, 6.07) is 0.863. The van der Waals surface area contributed by atoms with Gasteiger partial charge in [-0.25, -0.2) is 0 Å². The molecule has 4 heteroatoms. The van der Waals surface area contributed by atoms with E-state index < -0.39 is 0 Å². The van der Waals surface area contributed by atoms with Crippen LogP contribution < -0.4 is 5.32 Å². The van der Waals surface area contributed by atoms with E-state index in [1.54, 1.807) is 0 Å². The van der Waals surface area contributed by atoms with Gasteiger partial charge in [-0.2, -0.15) is 0 Å². The predicted octanol–water partition coefficient (Wildman–Crippen LogP) is 1.16. The molecule has 98 valence electrons. The Labute approximate surface area is 104 Å². The van der Waals surface area contributed by atoms with Gasteiger partial charge in [-0.1, -0.05) is 13.3 Å². The van der Waals surface area contributed by atoms with Crippen molar-refractivity contribution in [3.05, 3.63) is 0 Å². The summed E-state index contributed by atoms with van der Waals surface area (Å²) in [4.78, 5) is 14.2. The van der Waals surface area contributed by atoms with E-state index >= 15 is 0 Å². The second-order valence-corrected chi connectivity index (χ2v) is 5.08. The highest BCUT2D eigenvalue weighted by Crippen LogP contribution is 2.27. The van der Waals surface area contributed by atoms with E-state index in [1.807, 2.05) is 0 Å². The van der Waals surface area contributed by atoms with Crippen LogP contribution in [0.2, 0.25) is 0 Å². The highest BCUT2D eigenvalue weighted by molar-refractivity contribution is 5.78. The molecule has 0 spiro atoms. The van der Waals surface area contributed by atoms with Gasteiger partial charge in [0.1, 0.15) is 6.61 Å². The molecule has 2 heterocycles. The predicted molar refractivity (Wildman–Crippen MR) is 66.9 cm³/mol. The molecular weight excluding hydrogens is 216 g/mol. The fraction of sp³-hybridized carbons (Fsp3) is 0.923. The Morgan fingerprint density at radius 2 is 2.18 bits per heavy atom. The van der Waals surface area contributed by atoms with Gasteiger partial charge in [-0.15, -0.1) is 0 Å². The maximum absolute atomic E-state index is 12.1. The van der Waals surface area contributed by atoms with Gasteiger partial charge in [-0.3, -0.25) is 4.79 Å². The summed E-state index contributed by atoms with van der Waals surface area (Å²) in [5.74, 6) is 0.192. The molecule has 0 radical (unpaired) electrons. The maximum atomic E-state index is 12.1. The fourth-order valence-electron chi connectivity index (χ4n) is 2.87. The number of carbonyl (C=O) groups excluding carboxylic acids is 1. The van der Waals surface area contributed by atoms with Gasteiger partial charge in [-0.05, 0) is 32.2 Å². The molecule has 2 aliphatic rings. The van der Waals surface area contributed by atoms with Crippen molar-refractivity contribution in [2.75, 3.05) is 26.3 Å². The van der Waals surface area contributed by atoms with Gasteiger partial charge >= 0.3 is 0 Å². The van der Waals surface area contributed by atoms with Crippen molar-refractivity contribution >= 4 is 5.91 Å². The molecule has 0 aromatic rings. The average molecular weight is 240 g/mol. The van der Waals surface area contributed by atoms with E-state index in [9.17, 15) is 4.79 Å². The van der Waals surface area contributed by atoms with Crippen LogP contribution in [-0.4, -0.2) is 49.2 Å². The smallest absolute Gasteiger partial charge is 0.249 e. The van der Waals surface area contributed by atoms with Gasteiger partial charge < -0.3 is 15.0 Å². The van der Waals surface area contributed by atoms with Gasteiger partial charge in [0.05, 0.1) is 0 Å². The van der Waals surface area contributed by atoms with Crippen molar-refractivity contribution in [3.8, 4) is 0 Å². The summed E-state index contributed by atoms with van der Waals surface area (Å²) in [5, 5.41) is 3.41. The minimum absolute atomic E-state index is 0.192. The number of hydrogen-bond acceptors (Lipinski definition) is 3. The van der Waals surface area contributed by atoms with Crippen molar-refractivity contribution in [3.63, 3.8) is 0 Å². The summed E-state index contributed by atoms with van der Waals surface area (Å²) in [6.45, 7) is 5.11. The molecule has 0 aliphatic carbocycles. The Hall–Kier alpha value is -0.610. The summed E-state index contributed by atoms with van der Waals surface area (Å²) in [7, 11) is 0. The lowest BCUT2D eigenvalue weighted by molar-refractivity contribution is -0.138. The second kappa shape index (κ2) is 6.36. The fourth-order valence-corrected chi connectivity index (χ4v) is 2.87. The first-order chi connectivity index (χ1) is 8.33. The molecule has 2 aliphatic heterocycles. The summed E-state index contributed by atoms with van der Waals surface area (Å²) in [6.07, 6.45) is 5.58. The van der Waals surface area contributed by atoms with Crippen LogP contribution in [0.3, 0.4) is 0 Å². The molecule has 1 amide bonds. The lowest BCUT2D eigenvalue weighted by atomic mass is 10.1. The van der Waals surface area contributed by atoms with Gasteiger partial charge in [0, 0.05) is 25.2 Å². The Morgan fingerprint density at radius 1 is 1.35 bits per heavy atom. The van der Waals surface area contributed by atoms with Crippen LogP contribution in [0, 0.1) is 0 Å². The summed E-state index contributed by atoms with van der Waals surface area (Å²) < 4.78 is 5.44. The molecule has 2 bridgehead atoms. The van der Waals surface area contributed by atoms with Crippen LogP contribution in [0.5, 0.6) is 0 Å². The van der Waals surface area contributed by atoms with Crippen molar-refractivity contribution in [1.82, 2.24) is 10.2 Å². The van der Waals surface area contributed by atoms with Crippen LogP contribution in [0.25, 0.3) is 0 Å². The van der Waals surface area contributed by atoms with Crippen LogP contribution in [-0.2, 0) is 9.53 Å². The highest BCUT2D eigenvalue weighted by Gasteiger charge is 2.37. The number of carbonyl (C=O) groups is 1. The molecule has 0 saturated carbocycles. The Morgan fingerprint density at radius 3 is 3.00 bits per heavy atom. The number of nitrogens with one attached hydrogen (secondary N) is 1. The normalized spacial score (nSPS) is 28.2. The molecule has 2 rings (SSSR count). The zero-order valence-electron chi connectivity index (χ0n) is 10.8. The van der Waals surface area contributed by atoms with Crippen molar-refractivity contribution in [2.45, 2.75) is 51.1 Å². The van der Waals surface area contributed by atoms with Gasteiger partial charge in [0.2, 0.25) is 5.91 Å². The Bertz CT molecular complexity index is 244. The van der Waals surface area contributed by atoms with Crippen molar-refractivity contribution in [2.24, 2.45) is 0 Å². The molecule has 0 aromatic heterocycles. The molecule has 17 heavy (non-hydrogen) atoms. The van der Waals surface area contributed by atoms with Crippen LogP contribution in [0.1, 0.15) is 39.0 Å². The van der Waals surface area contributed by atoms with Gasteiger partial charge in [0.25, 0.3) is 0 Å². The monoisotopic (exact) mass is 240 g/mol. The lowest BCUT2D eigenvalue weighted by Gasteiger charge is -2.27. The van der Waals surface area contributed by atoms with Crippen LogP contribution >= 0.6 is 0 Å². The number of unbranched alkanes of at least 4 members (excludes halogenated alkanes) is 1. The quantitative estimate of drug-likeness (QED) is 0.733. The minimum atomic E-state index is 0.192. The first-order valence-electron chi connectivity index (χ1n) is 6.92. The van der Waals surface area contributed by atoms with Crippen LogP contribution in [0.15, 0.2) is 0 Å². The van der Waals surface area contributed by atoms with E-state index in [1.165, 1.54) is 6.42 Å². The Balaban J connectivity index is 1.81. The molecule has 1 N–H and O–H groups in total.